The van der Waals surface area contributed by atoms with Crippen LogP contribution in [0.5, 0.6) is 0 Å². The van der Waals surface area contributed by atoms with Crippen molar-refractivity contribution in [3.05, 3.63) is 29.8 Å². The number of hydrogen-bond donors (Lipinski definition) is 1. The van der Waals surface area contributed by atoms with Gasteiger partial charge in [-0.05, 0) is 57.7 Å². The number of nitrogens with two attached hydrogens (primary N) is 1. The Morgan fingerprint density at radius 1 is 1.35 bits per heavy atom. The minimum Gasteiger partial charge on any atom is -0.328 e. The van der Waals surface area contributed by atoms with Crippen LogP contribution in [-0.4, -0.2) is 28.5 Å². The Hall–Kier alpha value is -1.00. The average molecular weight is 279 g/mol. The van der Waals surface area contributed by atoms with Crippen molar-refractivity contribution in [1.29, 1.82) is 0 Å². The Kier molecular flexibility index (Phi) is 5.49. The molecule has 112 valence electrons. The van der Waals surface area contributed by atoms with Crippen LogP contribution >= 0.6 is 0 Å². The summed E-state index contributed by atoms with van der Waals surface area (Å²) in [7, 11) is 0. The molecule has 1 aliphatic carbocycles. The molecule has 2 N–H and O–H groups in total. The van der Waals surface area contributed by atoms with Crippen LogP contribution in [0.25, 0.3) is 0 Å². The molecule has 1 unspecified atom stereocenters. The maximum atomic E-state index is 13.0. The van der Waals surface area contributed by atoms with Crippen molar-refractivity contribution in [2.75, 3.05) is 6.54 Å². The predicted molar refractivity (Wildman–Crippen MR) is 79.8 cm³/mol. The zero-order chi connectivity index (χ0) is 14.5. The molecule has 1 atom stereocenters. The van der Waals surface area contributed by atoms with E-state index in [-0.39, 0.29) is 11.9 Å². The summed E-state index contributed by atoms with van der Waals surface area (Å²) in [5.41, 5.74) is 6.96. The Balaban J connectivity index is 2.08. The standard InChI is InChI=1S/C16H26FN3/c1-3-10-20(15-7-5-14(18)6-8-15)12(2)16-9-4-13(17)11-19-16/h4,9,11-12,14-15H,3,5-8,10,18H2,1-2H3. The molecule has 1 aliphatic rings. The zero-order valence-electron chi connectivity index (χ0n) is 12.6. The van der Waals surface area contributed by atoms with E-state index in [1.165, 1.54) is 12.3 Å². The second kappa shape index (κ2) is 7.14. The van der Waals surface area contributed by atoms with E-state index in [4.69, 9.17) is 5.73 Å². The molecule has 1 aromatic rings. The van der Waals surface area contributed by atoms with E-state index in [2.05, 4.69) is 23.7 Å². The highest BCUT2D eigenvalue weighted by atomic mass is 19.1. The summed E-state index contributed by atoms with van der Waals surface area (Å²) in [6.45, 7) is 5.43. The van der Waals surface area contributed by atoms with Crippen molar-refractivity contribution in [2.24, 2.45) is 5.73 Å². The second-order valence-electron chi connectivity index (χ2n) is 5.88. The molecule has 1 aromatic heterocycles. The van der Waals surface area contributed by atoms with E-state index in [1.807, 2.05) is 0 Å². The summed E-state index contributed by atoms with van der Waals surface area (Å²) in [6, 6.07) is 4.48. The lowest BCUT2D eigenvalue weighted by Gasteiger charge is -2.39. The summed E-state index contributed by atoms with van der Waals surface area (Å²) in [5, 5.41) is 0. The molecule has 20 heavy (non-hydrogen) atoms. The molecule has 3 nitrogen and oxygen atoms in total. The average Bonchev–Trinajstić information content (AvgIpc) is 2.46. The van der Waals surface area contributed by atoms with E-state index < -0.39 is 0 Å². The number of hydrogen-bond acceptors (Lipinski definition) is 3. The van der Waals surface area contributed by atoms with Gasteiger partial charge in [-0.15, -0.1) is 0 Å². The maximum Gasteiger partial charge on any atom is 0.141 e. The number of rotatable bonds is 5. The van der Waals surface area contributed by atoms with Crippen LogP contribution in [0.2, 0.25) is 0 Å². The van der Waals surface area contributed by atoms with Crippen molar-refractivity contribution in [2.45, 2.75) is 64.1 Å². The summed E-state index contributed by atoms with van der Waals surface area (Å²) < 4.78 is 13.0. The largest absolute Gasteiger partial charge is 0.328 e. The Morgan fingerprint density at radius 3 is 2.60 bits per heavy atom. The quantitative estimate of drug-likeness (QED) is 0.899. The van der Waals surface area contributed by atoms with Crippen LogP contribution in [0.4, 0.5) is 4.39 Å². The highest BCUT2D eigenvalue weighted by molar-refractivity contribution is 5.10. The first kappa shape index (κ1) is 15.4. The first-order valence-electron chi connectivity index (χ1n) is 7.74. The topological polar surface area (TPSA) is 42.1 Å². The summed E-state index contributed by atoms with van der Waals surface area (Å²) in [6.07, 6.45) is 6.96. The lowest BCUT2D eigenvalue weighted by Crippen LogP contribution is -2.42. The van der Waals surface area contributed by atoms with Gasteiger partial charge in [0.05, 0.1) is 11.9 Å². The molecular formula is C16H26FN3. The van der Waals surface area contributed by atoms with Crippen molar-refractivity contribution in [1.82, 2.24) is 9.88 Å². The van der Waals surface area contributed by atoms with Crippen molar-refractivity contribution >= 4 is 0 Å². The first-order chi connectivity index (χ1) is 9.61. The molecule has 0 aliphatic heterocycles. The van der Waals surface area contributed by atoms with Gasteiger partial charge in [0.2, 0.25) is 0 Å². The Bertz CT molecular complexity index is 399. The van der Waals surface area contributed by atoms with Gasteiger partial charge in [-0.1, -0.05) is 6.92 Å². The molecule has 0 saturated heterocycles. The molecular weight excluding hydrogens is 253 g/mol. The normalized spacial score (nSPS) is 24.9. The zero-order valence-corrected chi connectivity index (χ0v) is 12.6. The third kappa shape index (κ3) is 3.76. The highest BCUT2D eigenvalue weighted by Crippen LogP contribution is 2.29. The van der Waals surface area contributed by atoms with Crippen molar-refractivity contribution in [3.8, 4) is 0 Å². The molecule has 0 aromatic carbocycles. The summed E-state index contributed by atoms with van der Waals surface area (Å²) >= 11 is 0. The van der Waals surface area contributed by atoms with Gasteiger partial charge < -0.3 is 5.73 Å². The van der Waals surface area contributed by atoms with Gasteiger partial charge in [0.15, 0.2) is 0 Å². The molecule has 2 rings (SSSR count). The van der Waals surface area contributed by atoms with Crippen molar-refractivity contribution < 1.29 is 4.39 Å². The molecule has 1 heterocycles. The van der Waals surface area contributed by atoms with Gasteiger partial charge in [-0.3, -0.25) is 9.88 Å². The molecule has 4 heteroatoms. The highest BCUT2D eigenvalue weighted by Gasteiger charge is 2.28. The van der Waals surface area contributed by atoms with Crippen LogP contribution in [0.3, 0.4) is 0 Å². The molecule has 1 saturated carbocycles. The third-order valence-electron chi connectivity index (χ3n) is 4.37. The van der Waals surface area contributed by atoms with Crippen molar-refractivity contribution in [3.63, 3.8) is 0 Å². The first-order valence-corrected chi connectivity index (χ1v) is 7.74. The fraction of sp³-hybridized carbons (Fsp3) is 0.688. The Morgan fingerprint density at radius 2 is 2.05 bits per heavy atom. The maximum absolute atomic E-state index is 13.0. The van der Waals surface area contributed by atoms with E-state index >= 15 is 0 Å². The van der Waals surface area contributed by atoms with Gasteiger partial charge >= 0.3 is 0 Å². The lowest BCUT2D eigenvalue weighted by molar-refractivity contribution is 0.105. The molecule has 0 spiro atoms. The van der Waals surface area contributed by atoms with E-state index in [0.717, 1.165) is 44.3 Å². The Labute approximate surface area is 121 Å². The fourth-order valence-corrected chi connectivity index (χ4v) is 3.19. The number of aromatic nitrogens is 1. The number of nitrogens with zero attached hydrogens (tertiary/aromatic N) is 2. The minimum absolute atomic E-state index is 0.231. The lowest BCUT2D eigenvalue weighted by atomic mass is 9.89. The van der Waals surface area contributed by atoms with Crippen LogP contribution < -0.4 is 5.73 Å². The van der Waals surface area contributed by atoms with E-state index in [1.54, 1.807) is 6.07 Å². The second-order valence-corrected chi connectivity index (χ2v) is 5.88. The third-order valence-corrected chi connectivity index (χ3v) is 4.37. The smallest absolute Gasteiger partial charge is 0.141 e. The van der Waals surface area contributed by atoms with Crippen LogP contribution in [0, 0.1) is 5.82 Å². The van der Waals surface area contributed by atoms with Gasteiger partial charge in [-0.2, -0.15) is 0 Å². The number of pyridine rings is 1. The minimum atomic E-state index is -0.272. The number of halogens is 1. The van der Waals surface area contributed by atoms with E-state index in [9.17, 15) is 4.39 Å². The predicted octanol–water partition coefficient (Wildman–Crippen LogP) is 3.26. The van der Waals surface area contributed by atoms with Gasteiger partial charge in [0.25, 0.3) is 0 Å². The van der Waals surface area contributed by atoms with Gasteiger partial charge in [-0.25, -0.2) is 4.39 Å². The fourth-order valence-electron chi connectivity index (χ4n) is 3.19. The summed E-state index contributed by atoms with van der Waals surface area (Å²) in [5.74, 6) is -0.272. The van der Waals surface area contributed by atoms with Crippen LogP contribution in [0.1, 0.15) is 57.7 Å². The van der Waals surface area contributed by atoms with E-state index in [0.29, 0.717) is 12.1 Å². The molecule has 0 amide bonds. The molecule has 0 bridgehead atoms. The van der Waals surface area contributed by atoms with Crippen LogP contribution in [-0.2, 0) is 0 Å². The molecule has 1 fully saturated rings. The van der Waals surface area contributed by atoms with Crippen LogP contribution in [0.15, 0.2) is 18.3 Å². The monoisotopic (exact) mass is 279 g/mol. The van der Waals surface area contributed by atoms with Gasteiger partial charge in [0.1, 0.15) is 5.82 Å². The summed E-state index contributed by atoms with van der Waals surface area (Å²) in [4.78, 5) is 6.77. The van der Waals surface area contributed by atoms with Gasteiger partial charge in [0, 0.05) is 18.1 Å². The molecule has 0 radical (unpaired) electrons. The SMILES string of the molecule is CCCN(C1CCC(N)CC1)C(C)c1ccc(F)cn1.